The van der Waals surface area contributed by atoms with Gasteiger partial charge in [-0.15, -0.1) is 0 Å². The first-order valence-corrected chi connectivity index (χ1v) is 10.8. The molecule has 2 amide bonds. The molecule has 0 aromatic heterocycles. The Kier molecular flexibility index (Phi) is 6.13. The lowest BCUT2D eigenvalue weighted by Gasteiger charge is -2.33. The van der Waals surface area contributed by atoms with Gasteiger partial charge in [0.15, 0.2) is 0 Å². The largest absolute Gasteiger partial charge is 0.341 e. The van der Waals surface area contributed by atoms with Gasteiger partial charge in [0, 0.05) is 26.2 Å². The van der Waals surface area contributed by atoms with Crippen molar-refractivity contribution in [1.82, 2.24) is 14.5 Å². The quantitative estimate of drug-likeness (QED) is 0.707. The van der Waals surface area contributed by atoms with Gasteiger partial charge in [0.25, 0.3) is 0 Å². The Morgan fingerprint density at radius 2 is 1.93 bits per heavy atom. The molecule has 1 atom stereocenters. The highest BCUT2D eigenvalue weighted by Crippen LogP contribution is 2.17. The van der Waals surface area contributed by atoms with Crippen molar-refractivity contribution in [3.8, 4) is 0 Å². The second kappa shape index (κ2) is 8.37. The lowest BCUT2D eigenvalue weighted by Crippen LogP contribution is -2.54. The summed E-state index contributed by atoms with van der Waals surface area (Å²) in [4.78, 5) is 28.4. The molecule has 0 spiro atoms. The van der Waals surface area contributed by atoms with Gasteiger partial charge < -0.3 is 15.5 Å². The third-order valence-corrected chi connectivity index (χ3v) is 6.53. The van der Waals surface area contributed by atoms with E-state index in [1.54, 1.807) is 17.0 Å². The molecule has 27 heavy (non-hydrogen) atoms. The van der Waals surface area contributed by atoms with Crippen LogP contribution in [-0.4, -0.2) is 62.3 Å². The maximum Gasteiger partial charge on any atom is 0.242 e. The van der Waals surface area contributed by atoms with Crippen LogP contribution in [0.1, 0.15) is 31.2 Å². The third kappa shape index (κ3) is 4.66. The number of likely N-dealkylation sites (tertiary alicyclic amines) is 2. The van der Waals surface area contributed by atoms with Crippen LogP contribution in [0.4, 0.5) is 0 Å². The zero-order chi connectivity index (χ0) is 19.4. The van der Waals surface area contributed by atoms with Gasteiger partial charge in [-0.3, -0.25) is 9.59 Å². The molecule has 0 saturated carbocycles. The normalized spacial score (nSPS) is 20.9. The lowest BCUT2D eigenvalue weighted by molar-refractivity contribution is -0.142. The lowest BCUT2D eigenvalue weighted by atomic mass is 10.1. The van der Waals surface area contributed by atoms with Crippen LogP contribution < -0.4 is 10.5 Å². The number of sulfonamides is 1. The van der Waals surface area contributed by atoms with E-state index < -0.39 is 16.1 Å². The number of carbonyl (C=O) groups excluding carboxylic acids is 2. The molecule has 2 fully saturated rings. The number of benzene rings is 1. The van der Waals surface area contributed by atoms with Crippen LogP contribution in [0, 0.1) is 0 Å². The number of hydrogen-bond donors (Lipinski definition) is 2. The molecule has 2 heterocycles. The molecule has 0 radical (unpaired) electrons. The monoisotopic (exact) mass is 394 g/mol. The Bertz CT molecular complexity index is 805. The fraction of sp³-hybridized carbons (Fsp3) is 0.556. The summed E-state index contributed by atoms with van der Waals surface area (Å²) >= 11 is 0. The minimum atomic E-state index is -3.84. The standard InChI is InChI=1S/C18H26N4O4S/c19-12-14-5-3-6-15(11-14)27(25,26)20-16-7-4-10-22(18(16)24)13-17(23)21-8-1-2-9-21/h3,5-6,11,16,20H,1-2,4,7-10,12-13,19H2. The summed E-state index contributed by atoms with van der Waals surface area (Å²) in [6.07, 6.45) is 3.05. The zero-order valence-corrected chi connectivity index (χ0v) is 16.1. The SMILES string of the molecule is NCc1cccc(S(=O)(=O)NC2CCCN(CC(=O)N3CCCC3)C2=O)c1. The van der Waals surface area contributed by atoms with Crippen LogP contribution in [-0.2, 0) is 26.2 Å². The molecule has 1 unspecified atom stereocenters. The summed E-state index contributed by atoms with van der Waals surface area (Å²) in [5, 5.41) is 0. The van der Waals surface area contributed by atoms with Crippen molar-refractivity contribution in [3.05, 3.63) is 29.8 Å². The van der Waals surface area contributed by atoms with Gasteiger partial charge in [0.2, 0.25) is 21.8 Å². The number of piperidine rings is 1. The first-order valence-electron chi connectivity index (χ1n) is 9.28. The third-order valence-electron chi connectivity index (χ3n) is 5.06. The van der Waals surface area contributed by atoms with Gasteiger partial charge >= 0.3 is 0 Å². The molecule has 0 bridgehead atoms. The molecule has 2 aliphatic heterocycles. The van der Waals surface area contributed by atoms with Gasteiger partial charge in [0.1, 0.15) is 6.04 Å². The Morgan fingerprint density at radius 1 is 1.19 bits per heavy atom. The predicted molar refractivity (Wildman–Crippen MR) is 100 cm³/mol. The topological polar surface area (TPSA) is 113 Å². The summed E-state index contributed by atoms with van der Waals surface area (Å²) in [5.41, 5.74) is 6.27. The zero-order valence-electron chi connectivity index (χ0n) is 15.3. The summed E-state index contributed by atoms with van der Waals surface area (Å²) in [6, 6.07) is 5.50. The van der Waals surface area contributed by atoms with Crippen molar-refractivity contribution in [3.63, 3.8) is 0 Å². The molecule has 0 aliphatic carbocycles. The van der Waals surface area contributed by atoms with Gasteiger partial charge in [-0.2, -0.15) is 4.72 Å². The molecule has 148 valence electrons. The highest BCUT2D eigenvalue weighted by Gasteiger charge is 2.34. The molecule has 3 rings (SSSR count). The van der Waals surface area contributed by atoms with Crippen LogP contribution in [0.2, 0.25) is 0 Å². The van der Waals surface area contributed by atoms with Crippen molar-refractivity contribution in [2.24, 2.45) is 5.73 Å². The molecule has 2 aliphatic rings. The van der Waals surface area contributed by atoms with Gasteiger partial charge in [-0.25, -0.2) is 8.42 Å². The minimum absolute atomic E-state index is 0.0136. The molecule has 1 aromatic carbocycles. The highest BCUT2D eigenvalue weighted by atomic mass is 32.2. The first kappa shape index (κ1) is 19.8. The molecule has 2 saturated heterocycles. The number of nitrogens with two attached hydrogens (primary N) is 1. The second-order valence-corrected chi connectivity index (χ2v) is 8.73. The average molecular weight is 394 g/mol. The van der Waals surface area contributed by atoms with Crippen molar-refractivity contribution in [2.45, 2.75) is 43.2 Å². The van der Waals surface area contributed by atoms with Crippen LogP contribution in [0.5, 0.6) is 0 Å². The van der Waals surface area contributed by atoms with Gasteiger partial charge in [-0.05, 0) is 43.4 Å². The summed E-state index contributed by atoms with van der Waals surface area (Å²) < 4.78 is 27.8. The molecule has 9 heteroatoms. The van der Waals surface area contributed by atoms with Crippen molar-refractivity contribution < 1.29 is 18.0 Å². The molecule has 8 nitrogen and oxygen atoms in total. The number of rotatable bonds is 6. The maximum absolute atomic E-state index is 12.7. The van der Waals surface area contributed by atoms with E-state index >= 15 is 0 Å². The van der Waals surface area contributed by atoms with E-state index in [4.69, 9.17) is 5.73 Å². The van der Waals surface area contributed by atoms with E-state index in [1.165, 1.54) is 17.0 Å². The van der Waals surface area contributed by atoms with Crippen molar-refractivity contribution >= 4 is 21.8 Å². The van der Waals surface area contributed by atoms with Crippen LogP contribution >= 0.6 is 0 Å². The number of amides is 2. The summed E-state index contributed by atoms with van der Waals surface area (Å²) in [7, 11) is -3.84. The number of hydrogen-bond acceptors (Lipinski definition) is 5. The Balaban J connectivity index is 1.67. The maximum atomic E-state index is 12.7. The van der Waals surface area contributed by atoms with Crippen LogP contribution in [0.3, 0.4) is 0 Å². The number of nitrogens with one attached hydrogen (secondary N) is 1. The fourth-order valence-corrected chi connectivity index (χ4v) is 4.82. The summed E-state index contributed by atoms with van der Waals surface area (Å²) in [6.45, 7) is 2.18. The van der Waals surface area contributed by atoms with E-state index in [-0.39, 0.29) is 29.8 Å². The number of carbonyl (C=O) groups is 2. The second-order valence-electron chi connectivity index (χ2n) is 7.02. The number of nitrogens with zero attached hydrogens (tertiary/aromatic N) is 2. The Hall–Kier alpha value is -1.97. The Morgan fingerprint density at radius 3 is 2.63 bits per heavy atom. The molecular formula is C18H26N4O4S. The Labute approximate surface area is 159 Å². The fourth-order valence-electron chi connectivity index (χ4n) is 3.53. The highest BCUT2D eigenvalue weighted by molar-refractivity contribution is 7.89. The smallest absolute Gasteiger partial charge is 0.242 e. The molecular weight excluding hydrogens is 368 g/mol. The van der Waals surface area contributed by atoms with E-state index in [1.807, 2.05) is 0 Å². The van der Waals surface area contributed by atoms with Crippen molar-refractivity contribution in [1.29, 1.82) is 0 Å². The van der Waals surface area contributed by atoms with Gasteiger partial charge in [-0.1, -0.05) is 12.1 Å². The van der Waals surface area contributed by atoms with Crippen LogP contribution in [0.15, 0.2) is 29.2 Å². The average Bonchev–Trinajstić information content (AvgIpc) is 3.20. The van der Waals surface area contributed by atoms with Crippen molar-refractivity contribution in [2.75, 3.05) is 26.2 Å². The van der Waals surface area contributed by atoms with Gasteiger partial charge in [0.05, 0.1) is 11.4 Å². The van der Waals surface area contributed by atoms with E-state index in [0.717, 1.165) is 25.9 Å². The first-order chi connectivity index (χ1) is 12.9. The minimum Gasteiger partial charge on any atom is -0.341 e. The van der Waals surface area contributed by atoms with E-state index in [2.05, 4.69) is 4.72 Å². The van der Waals surface area contributed by atoms with E-state index in [0.29, 0.717) is 24.9 Å². The van der Waals surface area contributed by atoms with E-state index in [9.17, 15) is 18.0 Å². The predicted octanol–water partition coefficient (Wildman–Crippen LogP) is 0.0370. The van der Waals surface area contributed by atoms with Crippen LogP contribution in [0.25, 0.3) is 0 Å². The molecule has 3 N–H and O–H groups in total. The molecule has 1 aromatic rings. The summed E-state index contributed by atoms with van der Waals surface area (Å²) in [5.74, 6) is -0.410.